The summed E-state index contributed by atoms with van der Waals surface area (Å²) in [5.74, 6) is -0.917. The zero-order valence-electron chi connectivity index (χ0n) is 20.1. The molecule has 4 rings (SSSR count). The maximum absolute atomic E-state index is 13.3. The van der Waals surface area contributed by atoms with E-state index >= 15 is 0 Å². The maximum atomic E-state index is 13.3. The first-order valence-corrected chi connectivity index (χ1v) is 13.4. The molecule has 9 nitrogen and oxygen atoms in total. The van der Waals surface area contributed by atoms with Gasteiger partial charge in [0.15, 0.2) is 11.5 Å². The Morgan fingerprint density at radius 3 is 2.45 bits per heavy atom. The Labute approximate surface area is 228 Å². The average Bonchev–Trinajstić information content (AvgIpc) is 2.86. The van der Waals surface area contributed by atoms with Gasteiger partial charge in [0.2, 0.25) is 0 Å². The summed E-state index contributed by atoms with van der Waals surface area (Å²) in [6.45, 7) is 3.71. The molecular formula is C26H21Cl2N3O6S. The number of phenols is 1. The van der Waals surface area contributed by atoms with E-state index in [1.807, 2.05) is 0 Å². The van der Waals surface area contributed by atoms with Crippen molar-refractivity contribution in [3.05, 3.63) is 81.8 Å². The highest BCUT2D eigenvalue weighted by atomic mass is 35.5. The van der Waals surface area contributed by atoms with Crippen LogP contribution in [0.5, 0.6) is 11.5 Å². The van der Waals surface area contributed by atoms with Gasteiger partial charge in [-0.1, -0.05) is 59.6 Å². The van der Waals surface area contributed by atoms with Gasteiger partial charge in [0.05, 0.1) is 27.9 Å². The van der Waals surface area contributed by atoms with Gasteiger partial charge < -0.3 is 15.2 Å². The average molecular weight is 574 g/mol. The molecule has 0 spiro atoms. The van der Waals surface area contributed by atoms with Crippen molar-refractivity contribution in [1.82, 2.24) is 0 Å². The van der Waals surface area contributed by atoms with E-state index in [1.54, 1.807) is 56.3 Å². The van der Waals surface area contributed by atoms with E-state index in [9.17, 15) is 22.9 Å². The van der Waals surface area contributed by atoms with E-state index in [1.165, 1.54) is 12.1 Å². The number of para-hydroxylation sites is 1. The lowest BCUT2D eigenvalue weighted by atomic mass is 10.0. The smallest absolute Gasteiger partial charge is 0.296 e. The number of amides is 1. The molecule has 0 bridgehead atoms. The lowest BCUT2D eigenvalue weighted by Crippen LogP contribution is -2.13. The molecule has 12 heteroatoms. The van der Waals surface area contributed by atoms with E-state index in [4.69, 9.17) is 27.9 Å². The number of carbonyl (C=O) groups is 1. The van der Waals surface area contributed by atoms with Crippen molar-refractivity contribution in [2.75, 3.05) is 11.9 Å². The number of ether oxygens (including phenoxy) is 1. The van der Waals surface area contributed by atoms with Gasteiger partial charge in [-0.2, -0.15) is 8.42 Å². The highest BCUT2D eigenvalue weighted by Crippen LogP contribution is 2.42. The summed E-state index contributed by atoms with van der Waals surface area (Å²) in [6.07, 6.45) is 0. The standard InChI is InChI=1S/C26H21Cl2N3O6S/c1-3-37-25-18(27)9-6-10-19(25)29-26(33)17-13-15-7-4-5-8-16(15)22(24(17)32)30-31-23-20(38(34,35)36)12-11-14(2)21(23)28/h4-13,32H,3H2,1-2H3,(H,29,33)(H,34,35,36). The molecule has 0 unspecified atom stereocenters. The summed E-state index contributed by atoms with van der Waals surface area (Å²) < 4.78 is 39.0. The number of azo groups is 1. The van der Waals surface area contributed by atoms with Crippen LogP contribution in [0.4, 0.5) is 17.1 Å². The van der Waals surface area contributed by atoms with Crippen molar-refractivity contribution >= 4 is 67.1 Å². The van der Waals surface area contributed by atoms with Gasteiger partial charge in [-0.25, -0.2) is 0 Å². The molecule has 0 atom stereocenters. The second-order valence-electron chi connectivity index (χ2n) is 8.06. The van der Waals surface area contributed by atoms with Crippen LogP contribution in [0.1, 0.15) is 22.8 Å². The number of fused-ring (bicyclic) bond motifs is 1. The van der Waals surface area contributed by atoms with Gasteiger partial charge in [-0.15, -0.1) is 10.2 Å². The highest BCUT2D eigenvalue weighted by Gasteiger charge is 2.22. The minimum atomic E-state index is -4.69. The van der Waals surface area contributed by atoms with Gasteiger partial charge in [-0.3, -0.25) is 9.35 Å². The molecule has 0 aliphatic heterocycles. The number of nitrogens with zero attached hydrogens (tertiary/aromatic N) is 2. The predicted molar refractivity (Wildman–Crippen MR) is 146 cm³/mol. The monoisotopic (exact) mass is 573 g/mol. The van der Waals surface area contributed by atoms with Crippen LogP contribution in [0.15, 0.2) is 75.8 Å². The Hall–Kier alpha value is -3.70. The fourth-order valence-corrected chi connectivity index (χ4v) is 4.84. The summed E-state index contributed by atoms with van der Waals surface area (Å²) in [5.41, 5.74) is 0.229. The number of nitrogens with one attached hydrogen (secondary N) is 1. The third kappa shape index (κ3) is 5.44. The zero-order valence-corrected chi connectivity index (χ0v) is 22.4. The Balaban J connectivity index is 1.85. The lowest BCUT2D eigenvalue weighted by molar-refractivity contribution is 0.102. The minimum Gasteiger partial charge on any atom is -0.505 e. The van der Waals surface area contributed by atoms with E-state index in [-0.39, 0.29) is 27.7 Å². The largest absolute Gasteiger partial charge is 0.505 e. The normalized spacial score (nSPS) is 11.7. The number of hydrogen-bond acceptors (Lipinski definition) is 7. The molecule has 38 heavy (non-hydrogen) atoms. The first-order chi connectivity index (χ1) is 18.0. The number of carbonyl (C=O) groups excluding carboxylic acids is 1. The molecule has 0 saturated heterocycles. The fourth-order valence-electron chi connectivity index (χ4n) is 3.73. The van der Waals surface area contributed by atoms with Gasteiger partial charge >= 0.3 is 0 Å². The number of rotatable bonds is 7. The van der Waals surface area contributed by atoms with E-state index in [0.717, 1.165) is 6.07 Å². The lowest BCUT2D eigenvalue weighted by Gasteiger charge is -2.14. The number of aryl methyl sites for hydroxylation is 1. The predicted octanol–water partition coefficient (Wildman–Crippen LogP) is 7.47. The molecule has 0 aliphatic rings. The molecule has 0 aliphatic carbocycles. The number of halogens is 2. The third-order valence-corrected chi connectivity index (χ3v) is 7.20. The van der Waals surface area contributed by atoms with Crippen LogP contribution < -0.4 is 10.1 Å². The fraction of sp³-hybridized carbons (Fsp3) is 0.115. The first kappa shape index (κ1) is 27.3. The van der Waals surface area contributed by atoms with Crippen molar-refractivity contribution < 1.29 is 27.6 Å². The van der Waals surface area contributed by atoms with Crippen LogP contribution in [0.3, 0.4) is 0 Å². The minimum absolute atomic E-state index is 0.0500. The number of benzene rings is 4. The van der Waals surface area contributed by atoms with Crippen LogP contribution in [0, 0.1) is 6.92 Å². The summed E-state index contributed by atoms with van der Waals surface area (Å²) in [4.78, 5) is 12.7. The van der Waals surface area contributed by atoms with Crippen LogP contribution in [0.25, 0.3) is 10.8 Å². The molecule has 0 radical (unpaired) electrons. The Morgan fingerprint density at radius 2 is 1.74 bits per heavy atom. The Bertz CT molecular complexity index is 1710. The number of phenolic OH excluding ortho intramolecular Hbond substituents is 1. The second kappa shape index (κ2) is 11.0. The van der Waals surface area contributed by atoms with E-state index in [0.29, 0.717) is 33.7 Å². The molecule has 196 valence electrons. The van der Waals surface area contributed by atoms with Gasteiger partial charge in [0.1, 0.15) is 16.3 Å². The molecular weight excluding hydrogens is 553 g/mol. The Morgan fingerprint density at radius 1 is 1.03 bits per heavy atom. The molecule has 1 amide bonds. The van der Waals surface area contributed by atoms with Gasteiger partial charge in [-0.05, 0) is 49.1 Å². The maximum Gasteiger partial charge on any atom is 0.296 e. The topological polar surface area (TPSA) is 138 Å². The van der Waals surface area contributed by atoms with Crippen molar-refractivity contribution in [2.24, 2.45) is 10.2 Å². The van der Waals surface area contributed by atoms with Crippen LogP contribution in [-0.2, 0) is 10.1 Å². The molecule has 4 aromatic rings. The van der Waals surface area contributed by atoms with Crippen LogP contribution in [0.2, 0.25) is 10.0 Å². The molecule has 0 heterocycles. The van der Waals surface area contributed by atoms with Crippen molar-refractivity contribution in [2.45, 2.75) is 18.7 Å². The summed E-state index contributed by atoms with van der Waals surface area (Å²) >= 11 is 12.5. The van der Waals surface area contributed by atoms with E-state index < -0.39 is 26.7 Å². The van der Waals surface area contributed by atoms with Crippen LogP contribution in [-0.4, -0.2) is 30.6 Å². The number of anilines is 1. The second-order valence-corrected chi connectivity index (χ2v) is 10.2. The molecule has 4 aromatic carbocycles. The molecule has 0 saturated carbocycles. The molecule has 3 N–H and O–H groups in total. The summed E-state index contributed by atoms with van der Waals surface area (Å²) in [7, 11) is -4.69. The molecule has 0 aromatic heterocycles. The zero-order chi connectivity index (χ0) is 27.6. The van der Waals surface area contributed by atoms with Crippen molar-refractivity contribution in [3.8, 4) is 11.5 Å². The van der Waals surface area contributed by atoms with E-state index in [2.05, 4.69) is 15.5 Å². The quantitative estimate of drug-likeness (QED) is 0.155. The summed E-state index contributed by atoms with van der Waals surface area (Å²) in [6, 6.07) is 15.7. The van der Waals surface area contributed by atoms with Gasteiger partial charge in [0, 0.05) is 5.39 Å². The highest BCUT2D eigenvalue weighted by molar-refractivity contribution is 7.86. The van der Waals surface area contributed by atoms with Crippen LogP contribution >= 0.6 is 23.2 Å². The first-order valence-electron chi connectivity index (χ1n) is 11.2. The third-order valence-electron chi connectivity index (χ3n) is 5.54. The number of hydrogen-bond donors (Lipinski definition) is 3. The van der Waals surface area contributed by atoms with Gasteiger partial charge in [0.25, 0.3) is 16.0 Å². The SMILES string of the molecule is CCOc1c(Cl)cccc1NC(=O)c1cc2ccccc2c(N=Nc2c(S(=O)(=O)O)ccc(C)c2Cl)c1O. The van der Waals surface area contributed by atoms with Crippen molar-refractivity contribution in [3.63, 3.8) is 0 Å². The molecule has 0 fully saturated rings. The van der Waals surface area contributed by atoms with Crippen molar-refractivity contribution in [1.29, 1.82) is 0 Å². The summed E-state index contributed by atoms with van der Waals surface area (Å²) in [5, 5.41) is 23.1. The number of aromatic hydroxyl groups is 1. The Kier molecular flexibility index (Phi) is 7.89.